The number of nitrogens with one attached hydrogen (secondary N) is 1. The van der Waals surface area contributed by atoms with Gasteiger partial charge in [-0.3, -0.25) is 4.79 Å². The molecule has 0 saturated heterocycles. The fourth-order valence-electron chi connectivity index (χ4n) is 3.87. The van der Waals surface area contributed by atoms with Crippen LogP contribution in [0.2, 0.25) is 0 Å². The van der Waals surface area contributed by atoms with Crippen molar-refractivity contribution in [1.29, 1.82) is 0 Å². The van der Waals surface area contributed by atoms with Crippen molar-refractivity contribution < 1.29 is 13.2 Å². The van der Waals surface area contributed by atoms with Crippen molar-refractivity contribution in [2.24, 2.45) is 7.05 Å². The first kappa shape index (κ1) is 23.7. The molecule has 1 N–H and O–H groups in total. The number of rotatable bonds is 8. The maximum atomic E-state index is 12.7. The Morgan fingerprint density at radius 3 is 2.44 bits per heavy atom. The number of fused-ring (bicyclic) bond motifs is 1. The van der Waals surface area contributed by atoms with Crippen LogP contribution in [-0.2, 0) is 34.7 Å². The zero-order valence-corrected chi connectivity index (χ0v) is 20.3. The highest BCUT2D eigenvalue weighted by atomic mass is 32.2. The van der Waals surface area contributed by atoms with Crippen LogP contribution >= 0.6 is 0 Å². The van der Waals surface area contributed by atoms with Crippen molar-refractivity contribution >= 4 is 32.7 Å². The van der Waals surface area contributed by atoms with Gasteiger partial charge >= 0.3 is 0 Å². The van der Waals surface area contributed by atoms with Crippen molar-refractivity contribution in [3.63, 3.8) is 0 Å². The van der Waals surface area contributed by atoms with Crippen molar-refractivity contribution in [2.45, 2.75) is 24.2 Å². The summed E-state index contributed by atoms with van der Waals surface area (Å²) in [5.74, 6) is 0.630. The first-order valence-corrected chi connectivity index (χ1v) is 12.5. The number of hydrogen-bond donors (Lipinski definition) is 1. The van der Waals surface area contributed by atoms with Crippen molar-refractivity contribution in [3.8, 4) is 0 Å². The molecule has 0 atom stereocenters. The molecule has 0 aliphatic heterocycles. The molecule has 1 heterocycles. The van der Waals surface area contributed by atoms with E-state index in [1.165, 1.54) is 24.0 Å². The summed E-state index contributed by atoms with van der Waals surface area (Å²) >= 11 is 0. The minimum absolute atomic E-state index is 0.0940. The third-order valence-electron chi connectivity index (χ3n) is 5.83. The molecular formula is C26H28N4O3S. The molecule has 0 aliphatic carbocycles. The van der Waals surface area contributed by atoms with E-state index in [9.17, 15) is 13.2 Å². The molecule has 34 heavy (non-hydrogen) atoms. The topological polar surface area (TPSA) is 84.3 Å². The number of aryl methyl sites for hydroxylation is 2. The molecule has 0 unspecified atom stereocenters. The lowest BCUT2D eigenvalue weighted by Gasteiger charge is -2.11. The summed E-state index contributed by atoms with van der Waals surface area (Å²) < 4.78 is 28.0. The molecule has 4 rings (SSSR count). The molecule has 1 amide bonds. The number of carbonyl (C=O) groups is 1. The van der Waals surface area contributed by atoms with Crippen molar-refractivity contribution in [1.82, 2.24) is 13.9 Å². The highest BCUT2D eigenvalue weighted by Crippen LogP contribution is 2.23. The Labute approximate surface area is 200 Å². The number of nitrogens with zero attached hydrogens (tertiary/aromatic N) is 3. The zero-order chi connectivity index (χ0) is 24.3. The second-order valence-corrected chi connectivity index (χ2v) is 10.5. The Morgan fingerprint density at radius 2 is 1.71 bits per heavy atom. The monoisotopic (exact) mass is 476 g/mol. The lowest BCUT2D eigenvalue weighted by molar-refractivity contribution is -0.116. The predicted molar refractivity (Wildman–Crippen MR) is 134 cm³/mol. The molecule has 7 nitrogen and oxygen atoms in total. The molecule has 0 radical (unpaired) electrons. The van der Waals surface area contributed by atoms with Gasteiger partial charge < -0.3 is 9.88 Å². The molecule has 0 saturated carbocycles. The van der Waals surface area contributed by atoms with Gasteiger partial charge in [0.15, 0.2) is 0 Å². The second-order valence-electron chi connectivity index (χ2n) is 8.39. The van der Waals surface area contributed by atoms with Crippen LogP contribution in [0.1, 0.15) is 23.4 Å². The van der Waals surface area contributed by atoms with Gasteiger partial charge in [0.25, 0.3) is 0 Å². The fourth-order valence-corrected chi connectivity index (χ4v) is 4.80. The summed E-state index contributed by atoms with van der Waals surface area (Å²) in [6.07, 6.45) is 1.44. The molecule has 0 spiro atoms. The van der Waals surface area contributed by atoms with Crippen LogP contribution < -0.4 is 5.32 Å². The predicted octanol–water partition coefficient (Wildman–Crippen LogP) is 3.99. The molecule has 8 heteroatoms. The Hall–Kier alpha value is -3.49. The van der Waals surface area contributed by atoms with Gasteiger partial charge in [-0.2, -0.15) is 0 Å². The van der Waals surface area contributed by atoms with Crippen LogP contribution in [0.15, 0.2) is 77.7 Å². The number of anilines is 1. The summed E-state index contributed by atoms with van der Waals surface area (Å²) in [6.45, 7) is 0. The van der Waals surface area contributed by atoms with E-state index in [0.717, 1.165) is 29.0 Å². The molecule has 176 valence electrons. The van der Waals surface area contributed by atoms with E-state index >= 15 is 0 Å². The first-order valence-electron chi connectivity index (χ1n) is 11.1. The van der Waals surface area contributed by atoms with Crippen LogP contribution in [0.3, 0.4) is 0 Å². The molecule has 0 bridgehead atoms. The van der Waals surface area contributed by atoms with Crippen LogP contribution in [0, 0.1) is 0 Å². The van der Waals surface area contributed by atoms with E-state index in [1.807, 2.05) is 54.1 Å². The van der Waals surface area contributed by atoms with Crippen molar-refractivity contribution in [2.75, 3.05) is 19.4 Å². The molecule has 1 aromatic heterocycles. The van der Waals surface area contributed by atoms with Gasteiger partial charge in [-0.25, -0.2) is 17.7 Å². The maximum Gasteiger partial charge on any atom is 0.242 e. The number of benzene rings is 3. The van der Waals surface area contributed by atoms with E-state index in [0.29, 0.717) is 11.9 Å². The largest absolute Gasteiger partial charge is 0.331 e. The lowest BCUT2D eigenvalue weighted by atomic mass is 10.0. The Kier molecular flexibility index (Phi) is 6.81. The summed E-state index contributed by atoms with van der Waals surface area (Å²) in [5.41, 5.74) is 4.45. The molecule has 0 aliphatic rings. The number of carbonyl (C=O) groups excluding carboxylic acids is 1. The molecule has 4 aromatic rings. The average Bonchev–Trinajstić information content (AvgIpc) is 3.14. The van der Waals surface area contributed by atoms with Crippen LogP contribution in [0.5, 0.6) is 0 Å². The molecule has 3 aromatic carbocycles. The third kappa shape index (κ3) is 5.03. The fraction of sp³-hybridized carbons (Fsp3) is 0.231. The molecule has 0 fully saturated rings. The normalized spacial score (nSPS) is 11.8. The lowest BCUT2D eigenvalue weighted by Crippen LogP contribution is -2.22. The summed E-state index contributed by atoms with van der Waals surface area (Å²) in [5, 5.41) is 3.03. The van der Waals surface area contributed by atoms with Gasteiger partial charge in [-0.1, -0.05) is 48.5 Å². The summed E-state index contributed by atoms with van der Waals surface area (Å²) in [7, 11) is 1.33. The van der Waals surface area contributed by atoms with Crippen LogP contribution in [0.4, 0.5) is 5.69 Å². The number of aromatic nitrogens is 2. The average molecular weight is 477 g/mol. The van der Waals surface area contributed by atoms with Gasteiger partial charge in [0.05, 0.1) is 15.9 Å². The van der Waals surface area contributed by atoms with Crippen LogP contribution in [-0.4, -0.2) is 42.3 Å². The van der Waals surface area contributed by atoms with Gasteiger partial charge in [-0.05, 0) is 41.8 Å². The number of sulfonamides is 1. The highest BCUT2D eigenvalue weighted by Gasteiger charge is 2.19. The van der Waals surface area contributed by atoms with Gasteiger partial charge in [-0.15, -0.1) is 0 Å². The Morgan fingerprint density at radius 1 is 1.00 bits per heavy atom. The summed E-state index contributed by atoms with van der Waals surface area (Å²) in [4.78, 5) is 17.5. The van der Waals surface area contributed by atoms with E-state index in [-0.39, 0.29) is 17.2 Å². The Balaban J connectivity index is 1.46. The summed E-state index contributed by atoms with van der Waals surface area (Å²) in [6, 6.07) is 22.9. The quantitative estimate of drug-likeness (QED) is 0.417. The highest BCUT2D eigenvalue weighted by molar-refractivity contribution is 7.89. The third-order valence-corrected chi connectivity index (χ3v) is 7.64. The number of para-hydroxylation sites is 1. The van der Waals surface area contributed by atoms with Crippen molar-refractivity contribution in [3.05, 3.63) is 89.7 Å². The number of imidazole rings is 1. The minimum Gasteiger partial charge on any atom is -0.331 e. The smallest absolute Gasteiger partial charge is 0.242 e. The standard InChI is InChI=1S/C26H28N4O3S/c1-29(2)34(32,33)21-13-14-24-23(18-21)27-25(30(24)3)15-16-26(31)28-22-12-8-7-11-20(22)17-19-9-5-4-6-10-19/h4-14,18H,15-17H2,1-3H3,(H,28,31). The maximum absolute atomic E-state index is 12.7. The van der Waals surface area contributed by atoms with Gasteiger partial charge in [0.1, 0.15) is 5.82 Å². The number of hydrogen-bond acceptors (Lipinski definition) is 4. The van der Waals surface area contributed by atoms with E-state index < -0.39 is 10.0 Å². The SMILES string of the molecule is CN(C)S(=O)(=O)c1ccc2c(c1)nc(CCC(=O)Nc1ccccc1Cc1ccccc1)n2C. The van der Waals surface area contributed by atoms with E-state index in [1.54, 1.807) is 18.2 Å². The second kappa shape index (κ2) is 9.79. The zero-order valence-electron chi connectivity index (χ0n) is 19.5. The number of amides is 1. The van der Waals surface area contributed by atoms with E-state index in [2.05, 4.69) is 22.4 Å². The van der Waals surface area contributed by atoms with Gasteiger partial charge in [0.2, 0.25) is 15.9 Å². The first-order chi connectivity index (χ1) is 16.3. The molecular weight excluding hydrogens is 448 g/mol. The van der Waals surface area contributed by atoms with Gasteiger partial charge in [0, 0.05) is 39.7 Å². The Bertz CT molecular complexity index is 1430. The van der Waals surface area contributed by atoms with E-state index in [4.69, 9.17) is 0 Å². The van der Waals surface area contributed by atoms with Crippen LogP contribution in [0.25, 0.3) is 11.0 Å². The minimum atomic E-state index is -3.54.